The highest BCUT2D eigenvalue weighted by atomic mass is 79.9. The standard InChI is InChI=1S/C14H21BrN2/c1-2-17(13-5-3-4-6-13)14-8-11(10-16)7-12(15)9-14/h7-9,13H,2-6,10,16H2,1H3. The van der Waals surface area contributed by atoms with Crippen molar-refractivity contribution >= 4 is 21.6 Å². The van der Waals surface area contributed by atoms with Crippen LogP contribution in [0.25, 0.3) is 0 Å². The van der Waals surface area contributed by atoms with E-state index >= 15 is 0 Å². The van der Waals surface area contributed by atoms with Crippen molar-refractivity contribution in [2.24, 2.45) is 5.73 Å². The molecule has 0 aliphatic heterocycles. The molecule has 3 heteroatoms. The molecule has 0 amide bonds. The van der Waals surface area contributed by atoms with Crippen LogP contribution in [-0.4, -0.2) is 12.6 Å². The fourth-order valence-electron chi connectivity index (χ4n) is 2.78. The van der Waals surface area contributed by atoms with Gasteiger partial charge in [-0.25, -0.2) is 0 Å². The molecule has 0 spiro atoms. The highest BCUT2D eigenvalue weighted by Crippen LogP contribution is 2.30. The lowest BCUT2D eigenvalue weighted by atomic mass is 10.1. The molecular weight excluding hydrogens is 276 g/mol. The van der Waals surface area contributed by atoms with E-state index in [4.69, 9.17) is 5.73 Å². The van der Waals surface area contributed by atoms with Gasteiger partial charge in [0.1, 0.15) is 0 Å². The summed E-state index contributed by atoms with van der Waals surface area (Å²) in [5, 5.41) is 0. The third kappa shape index (κ3) is 3.02. The molecule has 0 radical (unpaired) electrons. The zero-order valence-electron chi connectivity index (χ0n) is 10.5. The number of benzene rings is 1. The third-order valence-electron chi connectivity index (χ3n) is 3.62. The van der Waals surface area contributed by atoms with Crippen molar-refractivity contribution in [3.8, 4) is 0 Å². The monoisotopic (exact) mass is 296 g/mol. The number of hydrogen-bond acceptors (Lipinski definition) is 2. The van der Waals surface area contributed by atoms with Crippen LogP contribution in [-0.2, 0) is 6.54 Å². The lowest BCUT2D eigenvalue weighted by Crippen LogP contribution is -2.33. The van der Waals surface area contributed by atoms with Crippen LogP contribution >= 0.6 is 15.9 Å². The van der Waals surface area contributed by atoms with E-state index in [0.717, 1.165) is 17.1 Å². The molecule has 2 nitrogen and oxygen atoms in total. The van der Waals surface area contributed by atoms with Crippen molar-refractivity contribution in [2.45, 2.75) is 45.2 Å². The van der Waals surface area contributed by atoms with Crippen LogP contribution in [0.5, 0.6) is 0 Å². The minimum Gasteiger partial charge on any atom is -0.369 e. The van der Waals surface area contributed by atoms with Crippen molar-refractivity contribution in [3.63, 3.8) is 0 Å². The Bertz CT molecular complexity index is 372. The van der Waals surface area contributed by atoms with Gasteiger partial charge in [-0.1, -0.05) is 28.8 Å². The van der Waals surface area contributed by atoms with Gasteiger partial charge in [0.05, 0.1) is 0 Å². The Morgan fingerprint density at radius 3 is 2.59 bits per heavy atom. The van der Waals surface area contributed by atoms with E-state index in [2.05, 4.69) is 46.0 Å². The summed E-state index contributed by atoms with van der Waals surface area (Å²) in [6.07, 6.45) is 5.41. The van der Waals surface area contributed by atoms with Crippen LogP contribution in [0.1, 0.15) is 38.2 Å². The summed E-state index contributed by atoms with van der Waals surface area (Å²) in [6.45, 7) is 3.92. The summed E-state index contributed by atoms with van der Waals surface area (Å²) in [5.74, 6) is 0. The Morgan fingerprint density at radius 1 is 1.29 bits per heavy atom. The Kier molecular flexibility index (Phi) is 4.46. The fraction of sp³-hybridized carbons (Fsp3) is 0.571. The van der Waals surface area contributed by atoms with Crippen LogP contribution in [0, 0.1) is 0 Å². The van der Waals surface area contributed by atoms with Crippen LogP contribution < -0.4 is 10.6 Å². The van der Waals surface area contributed by atoms with Crippen molar-refractivity contribution in [1.82, 2.24) is 0 Å². The zero-order valence-corrected chi connectivity index (χ0v) is 12.0. The molecule has 94 valence electrons. The lowest BCUT2D eigenvalue weighted by Gasteiger charge is -2.30. The molecule has 0 heterocycles. The second kappa shape index (κ2) is 5.87. The maximum atomic E-state index is 5.74. The molecule has 1 aliphatic carbocycles. The average Bonchev–Trinajstić information content (AvgIpc) is 2.83. The topological polar surface area (TPSA) is 29.3 Å². The molecule has 17 heavy (non-hydrogen) atoms. The summed E-state index contributed by atoms with van der Waals surface area (Å²) >= 11 is 3.58. The number of anilines is 1. The Balaban J connectivity index is 2.25. The summed E-state index contributed by atoms with van der Waals surface area (Å²) < 4.78 is 1.13. The van der Waals surface area contributed by atoms with Gasteiger partial charge >= 0.3 is 0 Å². The number of nitrogens with two attached hydrogens (primary N) is 1. The molecule has 0 bridgehead atoms. The van der Waals surface area contributed by atoms with Crippen molar-refractivity contribution in [1.29, 1.82) is 0 Å². The van der Waals surface area contributed by atoms with E-state index in [1.165, 1.54) is 36.9 Å². The molecule has 0 saturated heterocycles. The first-order valence-corrected chi connectivity index (χ1v) is 7.30. The van der Waals surface area contributed by atoms with Gasteiger partial charge < -0.3 is 10.6 Å². The van der Waals surface area contributed by atoms with Gasteiger partial charge in [0, 0.05) is 29.3 Å². The van der Waals surface area contributed by atoms with Gasteiger partial charge in [-0.2, -0.15) is 0 Å². The average molecular weight is 297 g/mol. The van der Waals surface area contributed by atoms with Crippen molar-refractivity contribution in [3.05, 3.63) is 28.2 Å². The maximum absolute atomic E-state index is 5.74. The summed E-state index contributed by atoms with van der Waals surface area (Å²) in [7, 11) is 0. The molecule has 1 saturated carbocycles. The maximum Gasteiger partial charge on any atom is 0.0383 e. The largest absolute Gasteiger partial charge is 0.369 e. The first-order valence-electron chi connectivity index (χ1n) is 6.50. The molecular formula is C14H21BrN2. The van der Waals surface area contributed by atoms with E-state index in [1.807, 2.05) is 0 Å². The van der Waals surface area contributed by atoms with Gasteiger partial charge in [0.15, 0.2) is 0 Å². The zero-order chi connectivity index (χ0) is 12.3. The number of rotatable bonds is 4. The number of hydrogen-bond donors (Lipinski definition) is 1. The number of halogens is 1. The summed E-state index contributed by atoms with van der Waals surface area (Å²) in [6, 6.07) is 7.26. The first kappa shape index (κ1) is 12.9. The van der Waals surface area contributed by atoms with Crippen LogP contribution in [0.4, 0.5) is 5.69 Å². The third-order valence-corrected chi connectivity index (χ3v) is 4.07. The van der Waals surface area contributed by atoms with E-state index in [9.17, 15) is 0 Å². The second-order valence-electron chi connectivity index (χ2n) is 4.75. The minimum absolute atomic E-state index is 0.606. The van der Waals surface area contributed by atoms with Gasteiger partial charge in [-0.15, -0.1) is 0 Å². The molecule has 2 N–H and O–H groups in total. The predicted molar refractivity (Wildman–Crippen MR) is 77.3 cm³/mol. The fourth-order valence-corrected chi connectivity index (χ4v) is 3.31. The van der Waals surface area contributed by atoms with E-state index < -0.39 is 0 Å². The van der Waals surface area contributed by atoms with Crippen LogP contribution in [0.15, 0.2) is 22.7 Å². The van der Waals surface area contributed by atoms with Gasteiger partial charge in [-0.05, 0) is 43.5 Å². The summed E-state index contributed by atoms with van der Waals surface area (Å²) in [5.41, 5.74) is 8.26. The van der Waals surface area contributed by atoms with Gasteiger partial charge in [0.2, 0.25) is 0 Å². The molecule has 1 aromatic carbocycles. The van der Waals surface area contributed by atoms with Crippen molar-refractivity contribution < 1.29 is 0 Å². The minimum atomic E-state index is 0.606. The molecule has 1 aromatic rings. The molecule has 0 unspecified atom stereocenters. The predicted octanol–water partition coefficient (Wildman–Crippen LogP) is 3.68. The first-order chi connectivity index (χ1) is 8.24. The quantitative estimate of drug-likeness (QED) is 0.918. The normalized spacial score (nSPS) is 16.4. The Hall–Kier alpha value is -0.540. The smallest absolute Gasteiger partial charge is 0.0383 e. The van der Waals surface area contributed by atoms with E-state index in [-0.39, 0.29) is 0 Å². The molecule has 1 aliphatic rings. The highest BCUT2D eigenvalue weighted by molar-refractivity contribution is 9.10. The van der Waals surface area contributed by atoms with Gasteiger partial charge in [0.25, 0.3) is 0 Å². The van der Waals surface area contributed by atoms with Crippen LogP contribution in [0.2, 0.25) is 0 Å². The van der Waals surface area contributed by atoms with Crippen LogP contribution in [0.3, 0.4) is 0 Å². The SMILES string of the molecule is CCN(c1cc(Br)cc(CN)c1)C1CCCC1. The Labute approximate surface area is 112 Å². The summed E-state index contributed by atoms with van der Waals surface area (Å²) in [4.78, 5) is 2.52. The highest BCUT2D eigenvalue weighted by Gasteiger charge is 2.21. The number of nitrogens with zero attached hydrogens (tertiary/aromatic N) is 1. The molecule has 1 fully saturated rings. The van der Waals surface area contributed by atoms with Gasteiger partial charge in [-0.3, -0.25) is 0 Å². The Morgan fingerprint density at radius 2 is 2.00 bits per heavy atom. The molecule has 0 aromatic heterocycles. The molecule has 2 rings (SSSR count). The van der Waals surface area contributed by atoms with E-state index in [1.54, 1.807) is 0 Å². The second-order valence-corrected chi connectivity index (χ2v) is 5.66. The molecule has 0 atom stereocenters. The van der Waals surface area contributed by atoms with Crippen molar-refractivity contribution in [2.75, 3.05) is 11.4 Å². The van der Waals surface area contributed by atoms with E-state index in [0.29, 0.717) is 6.54 Å². The lowest BCUT2D eigenvalue weighted by molar-refractivity contribution is 0.619.